The van der Waals surface area contributed by atoms with Gasteiger partial charge in [-0.2, -0.15) is 0 Å². The summed E-state index contributed by atoms with van der Waals surface area (Å²) in [4.78, 5) is 23.8. The van der Waals surface area contributed by atoms with E-state index in [0.717, 1.165) is 30.6 Å². The molecule has 1 fully saturated rings. The minimum Gasteiger partial charge on any atom is -0.481 e. The van der Waals surface area contributed by atoms with Gasteiger partial charge in [-0.15, -0.1) is 11.3 Å². The lowest BCUT2D eigenvalue weighted by atomic mass is 9.93. The first kappa shape index (κ1) is 13.8. The van der Waals surface area contributed by atoms with Crippen LogP contribution < -0.4 is 5.32 Å². The molecule has 0 spiro atoms. The van der Waals surface area contributed by atoms with E-state index in [1.807, 2.05) is 17.5 Å². The Morgan fingerprint density at radius 3 is 2.74 bits per heavy atom. The number of carboxylic acids is 1. The van der Waals surface area contributed by atoms with Gasteiger partial charge in [-0.3, -0.25) is 9.59 Å². The topological polar surface area (TPSA) is 66.4 Å². The van der Waals surface area contributed by atoms with E-state index in [1.165, 1.54) is 6.08 Å². The van der Waals surface area contributed by atoms with Crippen molar-refractivity contribution in [2.24, 2.45) is 0 Å². The number of carbonyl (C=O) groups is 2. The van der Waals surface area contributed by atoms with Gasteiger partial charge in [0.05, 0.1) is 12.0 Å². The molecule has 0 atom stereocenters. The molecule has 102 valence electrons. The minimum absolute atomic E-state index is 0.00554. The third-order valence-electron chi connectivity index (χ3n) is 3.38. The number of thiophene rings is 1. The molecule has 4 nitrogen and oxygen atoms in total. The lowest BCUT2D eigenvalue weighted by Crippen LogP contribution is -2.47. The van der Waals surface area contributed by atoms with Crippen molar-refractivity contribution in [3.05, 3.63) is 28.5 Å². The third-order valence-corrected chi connectivity index (χ3v) is 4.22. The van der Waals surface area contributed by atoms with Gasteiger partial charge >= 0.3 is 5.97 Å². The van der Waals surface area contributed by atoms with Gasteiger partial charge in [0.2, 0.25) is 5.91 Å². The second kappa shape index (κ2) is 6.02. The molecule has 0 aromatic carbocycles. The number of hydrogen-bond acceptors (Lipinski definition) is 3. The van der Waals surface area contributed by atoms with Crippen LogP contribution in [0.1, 0.15) is 37.0 Å². The number of rotatable bonds is 5. The van der Waals surface area contributed by atoms with Gasteiger partial charge in [0.1, 0.15) is 0 Å². The Morgan fingerprint density at radius 1 is 1.42 bits per heavy atom. The molecule has 1 aromatic rings. The molecule has 0 saturated heterocycles. The molecular formula is C14H17NO3S. The van der Waals surface area contributed by atoms with Crippen LogP contribution in [0.3, 0.4) is 0 Å². The second-order valence-corrected chi connectivity index (χ2v) is 5.88. The predicted molar refractivity (Wildman–Crippen MR) is 74.9 cm³/mol. The van der Waals surface area contributed by atoms with Crippen LogP contribution in [0.15, 0.2) is 23.6 Å². The van der Waals surface area contributed by atoms with Gasteiger partial charge < -0.3 is 10.4 Å². The molecule has 2 N–H and O–H groups in total. The first-order chi connectivity index (χ1) is 9.10. The molecule has 1 heterocycles. The van der Waals surface area contributed by atoms with Crippen molar-refractivity contribution in [3.63, 3.8) is 0 Å². The Hall–Kier alpha value is -1.62. The first-order valence-electron chi connectivity index (χ1n) is 6.35. The normalized spacial score (nSPS) is 17.7. The van der Waals surface area contributed by atoms with Crippen molar-refractivity contribution in [3.8, 4) is 0 Å². The highest BCUT2D eigenvalue weighted by molar-refractivity contribution is 7.10. The first-order valence-corrected chi connectivity index (χ1v) is 7.23. The molecule has 0 radical (unpaired) electrons. The van der Waals surface area contributed by atoms with Crippen molar-refractivity contribution < 1.29 is 14.7 Å². The van der Waals surface area contributed by atoms with Crippen LogP contribution in [-0.2, 0) is 9.59 Å². The Morgan fingerprint density at radius 2 is 2.16 bits per heavy atom. The Bertz CT molecular complexity index is 473. The monoisotopic (exact) mass is 279 g/mol. The van der Waals surface area contributed by atoms with E-state index < -0.39 is 11.5 Å². The maximum atomic E-state index is 11.9. The van der Waals surface area contributed by atoms with E-state index in [9.17, 15) is 9.59 Å². The molecule has 1 amide bonds. The number of carbonyl (C=O) groups excluding carboxylic acids is 1. The SMILES string of the molecule is O=C(O)CC1(NC(=O)C=Cc2cccs2)CCCC1. The van der Waals surface area contributed by atoms with E-state index in [4.69, 9.17) is 5.11 Å². The van der Waals surface area contributed by atoms with E-state index in [2.05, 4.69) is 5.32 Å². The summed E-state index contributed by atoms with van der Waals surface area (Å²) >= 11 is 1.56. The number of amides is 1. The van der Waals surface area contributed by atoms with E-state index in [0.29, 0.717) is 0 Å². The molecule has 2 rings (SSSR count). The van der Waals surface area contributed by atoms with Crippen LogP contribution in [0, 0.1) is 0 Å². The average Bonchev–Trinajstić information content (AvgIpc) is 2.97. The molecule has 5 heteroatoms. The van der Waals surface area contributed by atoms with Gasteiger partial charge in [0, 0.05) is 11.0 Å². The predicted octanol–water partition coefficient (Wildman–Crippen LogP) is 2.67. The van der Waals surface area contributed by atoms with Crippen molar-refractivity contribution in [1.82, 2.24) is 5.32 Å². The fourth-order valence-electron chi connectivity index (χ4n) is 2.53. The van der Waals surface area contributed by atoms with Crippen LogP contribution in [0.5, 0.6) is 0 Å². The standard InChI is InChI=1S/C14H17NO3S/c16-12(6-5-11-4-3-9-19-11)15-14(10-13(17)18)7-1-2-8-14/h3-6,9H,1-2,7-8,10H2,(H,15,16)(H,17,18). The van der Waals surface area contributed by atoms with Crippen molar-refractivity contribution in [1.29, 1.82) is 0 Å². The molecule has 1 saturated carbocycles. The summed E-state index contributed by atoms with van der Waals surface area (Å²) in [6.07, 6.45) is 6.68. The summed E-state index contributed by atoms with van der Waals surface area (Å²) in [6.45, 7) is 0. The molecule has 1 aliphatic rings. The molecule has 0 aliphatic heterocycles. The smallest absolute Gasteiger partial charge is 0.305 e. The highest BCUT2D eigenvalue weighted by Gasteiger charge is 2.36. The summed E-state index contributed by atoms with van der Waals surface area (Å²) in [6, 6.07) is 3.85. The molecule has 1 aromatic heterocycles. The fourth-order valence-corrected chi connectivity index (χ4v) is 3.15. The zero-order chi connectivity index (χ0) is 13.7. The average molecular weight is 279 g/mol. The zero-order valence-electron chi connectivity index (χ0n) is 10.6. The Balaban J connectivity index is 1.97. The van der Waals surface area contributed by atoms with Crippen molar-refractivity contribution in [2.75, 3.05) is 0 Å². The van der Waals surface area contributed by atoms with Crippen LogP contribution >= 0.6 is 11.3 Å². The molecular weight excluding hydrogens is 262 g/mol. The van der Waals surface area contributed by atoms with Gasteiger partial charge in [0.15, 0.2) is 0 Å². The summed E-state index contributed by atoms with van der Waals surface area (Å²) in [5.74, 6) is -1.07. The van der Waals surface area contributed by atoms with Gasteiger partial charge in [-0.1, -0.05) is 18.9 Å². The highest BCUT2D eigenvalue weighted by atomic mass is 32.1. The molecule has 1 aliphatic carbocycles. The number of nitrogens with one attached hydrogen (secondary N) is 1. The maximum Gasteiger partial charge on any atom is 0.305 e. The number of aliphatic carboxylic acids is 1. The second-order valence-electron chi connectivity index (χ2n) is 4.90. The summed E-state index contributed by atoms with van der Waals surface area (Å²) in [5.41, 5.74) is -0.553. The fraction of sp³-hybridized carbons (Fsp3) is 0.429. The van der Waals surface area contributed by atoms with Gasteiger partial charge in [-0.05, 0) is 30.4 Å². The largest absolute Gasteiger partial charge is 0.481 e. The molecule has 0 bridgehead atoms. The van der Waals surface area contributed by atoms with E-state index in [1.54, 1.807) is 17.4 Å². The van der Waals surface area contributed by atoms with E-state index >= 15 is 0 Å². The summed E-state index contributed by atoms with van der Waals surface area (Å²) in [5, 5.41) is 13.8. The third kappa shape index (κ3) is 3.92. The lowest BCUT2D eigenvalue weighted by Gasteiger charge is -2.27. The quantitative estimate of drug-likeness (QED) is 0.814. The number of hydrogen-bond donors (Lipinski definition) is 2. The van der Waals surface area contributed by atoms with Crippen molar-refractivity contribution in [2.45, 2.75) is 37.6 Å². The van der Waals surface area contributed by atoms with Crippen LogP contribution in [0.25, 0.3) is 6.08 Å². The van der Waals surface area contributed by atoms with Crippen LogP contribution in [-0.4, -0.2) is 22.5 Å². The maximum absolute atomic E-state index is 11.9. The summed E-state index contributed by atoms with van der Waals surface area (Å²) in [7, 11) is 0. The Kier molecular flexibility index (Phi) is 4.37. The van der Waals surface area contributed by atoms with Gasteiger partial charge in [-0.25, -0.2) is 0 Å². The van der Waals surface area contributed by atoms with Crippen LogP contribution in [0.4, 0.5) is 0 Å². The lowest BCUT2D eigenvalue weighted by molar-refractivity contribution is -0.139. The molecule has 19 heavy (non-hydrogen) atoms. The van der Waals surface area contributed by atoms with Gasteiger partial charge in [0.25, 0.3) is 0 Å². The van der Waals surface area contributed by atoms with Crippen molar-refractivity contribution >= 4 is 29.3 Å². The molecule has 0 unspecified atom stereocenters. The summed E-state index contributed by atoms with van der Waals surface area (Å²) < 4.78 is 0. The minimum atomic E-state index is -0.857. The zero-order valence-corrected chi connectivity index (χ0v) is 11.4. The number of carboxylic acid groups (broad SMARTS) is 1. The van der Waals surface area contributed by atoms with E-state index in [-0.39, 0.29) is 12.3 Å². The highest BCUT2D eigenvalue weighted by Crippen LogP contribution is 2.32. The Labute approximate surface area is 116 Å². The van der Waals surface area contributed by atoms with Crippen LogP contribution in [0.2, 0.25) is 0 Å².